The lowest BCUT2D eigenvalue weighted by molar-refractivity contribution is -0.139. The molecule has 0 spiro atoms. The molecule has 1 unspecified atom stereocenters. The topological polar surface area (TPSA) is 90.0 Å². The van der Waals surface area contributed by atoms with Crippen LogP contribution >= 0.6 is 11.6 Å². The van der Waals surface area contributed by atoms with E-state index in [0.717, 1.165) is 46.8 Å². The van der Waals surface area contributed by atoms with E-state index in [-0.39, 0.29) is 24.2 Å². The summed E-state index contributed by atoms with van der Waals surface area (Å²) in [6.07, 6.45) is 4.95. The van der Waals surface area contributed by atoms with Crippen molar-refractivity contribution < 1.29 is 22.4 Å². The number of anilines is 1. The first-order valence-electron chi connectivity index (χ1n) is 12.3. The number of nitrogens with zero attached hydrogens (tertiary/aromatic N) is 3. The van der Waals surface area contributed by atoms with Crippen molar-refractivity contribution in [3.05, 3.63) is 64.9 Å². The second-order valence-electron chi connectivity index (χ2n) is 9.42. The predicted octanol–water partition coefficient (Wildman–Crippen LogP) is 3.96. The number of rotatable bonds is 10. The van der Waals surface area contributed by atoms with E-state index >= 15 is 0 Å². The minimum Gasteiger partial charge on any atom is -0.352 e. The largest absolute Gasteiger partial charge is 0.352 e. The molecule has 1 N–H and O–H groups in total. The number of carbonyl (C=O) groups is 2. The maximum absolute atomic E-state index is 14.7. The Labute approximate surface area is 223 Å². The number of para-hydroxylation sites is 1. The van der Waals surface area contributed by atoms with Gasteiger partial charge in [0.15, 0.2) is 0 Å². The molecule has 202 valence electrons. The highest BCUT2D eigenvalue weighted by Gasteiger charge is 2.34. The van der Waals surface area contributed by atoms with E-state index in [1.807, 2.05) is 0 Å². The van der Waals surface area contributed by atoms with Gasteiger partial charge in [-0.2, -0.15) is 12.7 Å². The lowest BCUT2D eigenvalue weighted by Gasteiger charge is -2.34. The molecule has 1 saturated carbocycles. The third-order valence-electron chi connectivity index (χ3n) is 6.50. The molecule has 2 amide bonds. The predicted molar refractivity (Wildman–Crippen MR) is 143 cm³/mol. The Hall–Kier alpha value is -2.69. The number of carbonyl (C=O) groups excluding carboxylic acids is 2. The Morgan fingerprint density at radius 3 is 2.38 bits per heavy atom. The van der Waals surface area contributed by atoms with Crippen molar-refractivity contribution in [2.24, 2.45) is 0 Å². The molecule has 1 aliphatic carbocycles. The summed E-state index contributed by atoms with van der Waals surface area (Å²) in [5.41, 5.74) is 0.414. The smallest absolute Gasteiger partial charge is 0.304 e. The van der Waals surface area contributed by atoms with Crippen LogP contribution in [-0.2, 0) is 26.3 Å². The van der Waals surface area contributed by atoms with Crippen molar-refractivity contribution in [1.82, 2.24) is 14.5 Å². The van der Waals surface area contributed by atoms with Gasteiger partial charge in [0.05, 0.1) is 5.69 Å². The maximum Gasteiger partial charge on any atom is 0.304 e. The quantitative estimate of drug-likeness (QED) is 0.483. The molecule has 0 bridgehead atoms. The second-order valence-corrected chi connectivity index (χ2v) is 11.9. The first-order chi connectivity index (χ1) is 17.5. The lowest BCUT2D eigenvalue weighted by atomic mass is 9.95. The van der Waals surface area contributed by atoms with Gasteiger partial charge in [0.2, 0.25) is 11.8 Å². The fraction of sp³-hybridized carbons (Fsp3) is 0.462. The van der Waals surface area contributed by atoms with E-state index < -0.39 is 34.5 Å². The summed E-state index contributed by atoms with van der Waals surface area (Å²) in [5.74, 6) is -1.76. The van der Waals surface area contributed by atoms with E-state index in [0.29, 0.717) is 10.6 Å². The van der Waals surface area contributed by atoms with Gasteiger partial charge in [-0.05, 0) is 49.6 Å². The van der Waals surface area contributed by atoms with Crippen LogP contribution in [0.15, 0.2) is 48.5 Å². The molecule has 3 rings (SSSR count). The molecule has 0 aromatic heterocycles. The summed E-state index contributed by atoms with van der Waals surface area (Å²) in [4.78, 5) is 28.2. The van der Waals surface area contributed by atoms with Crippen LogP contribution in [-0.4, -0.2) is 62.2 Å². The normalized spacial score (nSPS) is 15.3. The van der Waals surface area contributed by atoms with Crippen molar-refractivity contribution in [3.8, 4) is 0 Å². The first-order valence-corrected chi connectivity index (χ1v) is 14.1. The third kappa shape index (κ3) is 7.43. The number of halogens is 2. The average molecular weight is 553 g/mol. The van der Waals surface area contributed by atoms with E-state index in [4.69, 9.17) is 11.6 Å². The highest BCUT2D eigenvalue weighted by Crippen LogP contribution is 2.24. The third-order valence-corrected chi connectivity index (χ3v) is 8.54. The fourth-order valence-electron chi connectivity index (χ4n) is 4.34. The van der Waals surface area contributed by atoms with Crippen LogP contribution < -0.4 is 9.62 Å². The lowest BCUT2D eigenvalue weighted by Crippen LogP contribution is -2.53. The molecule has 0 aliphatic heterocycles. The number of hydrogen-bond donors (Lipinski definition) is 1. The Morgan fingerprint density at radius 2 is 1.76 bits per heavy atom. The molecule has 0 radical (unpaired) electrons. The van der Waals surface area contributed by atoms with Gasteiger partial charge in [-0.1, -0.05) is 55.1 Å². The molecule has 2 aromatic rings. The molecule has 1 atom stereocenters. The van der Waals surface area contributed by atoms with E-state index in [9.17, 15) is 22.4 Å². The first kappa shape index (κ1) is 28.9. The van der Waals surface area contributed by atoms with Gasteiger partial charge in [-0.25, -0.2) is 8.70 Å². The Kier molecular flexibility index (Phi) is 9.92. The molecule has 2 aromatic carbocycles. The van der Waals surface area contributed by atoms with Gasteiger partial charge < -0.3 is 10.2 Å². The van der Waals surface area contributed by atoms with Gasteiger partial charge in [-0.15, -0.1) is 0 Å². The number of nitrogens with one attached hydrogen (secondary N) is 1. The molecule has 11 heteroatoms. The Bertz CT molecular complexity index is 1200. The summed E-state index contributed by atoms with van der Waals surface area (Å²) < 4.78 is 42.6. The van der Waals surface area contributed by atoms with Crippen molar-refractivity contribution in [2.45, 2.75) is 57.7 Å². The van der Waals surface area contributed by atoms with Crippen LogP contribution in [0, 0.1) is 5.82 Å². The van der Waals surface area contributed by atoms with Crippen LogP contribution in [0.4, 0.5) is 10.1 Å². The van der Waals surface area contributed by atoms with Crippen LogP contribution in [0.3, 0.4) is 0 Å². The summed E-state index contributed by atoms with van der Waals surface area (Å²) in [5, 5.41) is 3.50. The molecule has 1 fully saturated rings. The van der Waals surface area contributed by atoms with Gasteiger partial charge in [0, 0.05) is 31.7 Å². The van der Waals surface area contributed by atoms with Crippen LogP contribution in [0.2, 0.25) is 5.02 Å². The Balaban J connectivity index is 1.93. The van der Waals surface area contributed by atoms with Crippen molar-refractivity contribution in [2.75, 3.05) is 24.9 Å². The minimum absolute atomic E-state index is 0.0196. The molecule has 37 heavy (non-hydrogen) atoms. The van der Waals surface area contributed by atoms with E-state index in [1.54, 1.807) is 31.2 Å². The van der Waals surface area contributed by atoms with Gasteiger partial charge >= 0.3 is 10.2 Å². The highest BCUT2D eigenvalue weighted by molar-refractivity contribution is 7.90. The standard InChI is InChI=1S/C26H34ClFN4O4S/c1-19(26(34)29-22-12-5-4-6-13-22)31(17-20-10-9-11-21(27)16-20)25(33)18-32(37(35,36)30(2)3)24-15-8-7-14-23(24)28/h7-11,14-16,19,22H,4-6,12-13,17-18H2,1-3H3,(H,29,34). The molecule has 0 saturated heterocycles. The van der Waals surface area contributed by atoms with Gasteiger partial charge in [0.1, 0.15) is 18.4 Å². The van der Waals surface area contributed by atoms with Crippen molar-refractivity contribution in [3.63, 3.8) is 0 Å². The number of amides is 2. The van der Waals surface area contributed by atoms with Crippen molar-refractivity contribution in [1.29, 1.82) is 0 Å². The van der Waals surface area contributed by atoms with E-state index in [2.05, 4.69) is 5.32 Å². The van der Waals surface area contributed by atoms with E-state index in [1.165, 1.54) is 37.2 Å². The molecular formula is C26H34ClFN4O4S. The SMILES string of the molecule is CC(C(=O)NC1CCCCC1)N(Cc1cccc(Cl)c1)C(=O)CN(c1ccccc1F)S(=O)(=O)N(C)C. The summed E-state index contributed by atoms with van der Waals surface area (Å²) in [6, 6.07) is 11.4. The van der Waals surface area contributed by atoms with Crippen molar-refractivity contribution >= 4 is 39.3 Å². The average Bonchev–Trinajstić information content (AvgIpc) is 2.86. The zero-order valence-corrected chi connectivity index (χ0v) is 22.9. The van der Waals surface area contributed by atoms with Gasteiger partial charge in [-0.3, -0.25) is 9.59 Å². The van der Waals surface area contributed by atoms with Crippen LogP contribution in [0.25, 0.3) is 0 Å². The maximum atomic E-state index is 14.7. The monoisotopic (exact) mass is 552 g/mol. The zero-order valence-electron chi connectivity index (χ0n) is 21.4. The molecular weight excluding hydrogens is 519 g/mol. The highest BCUT2D eigenvalue weighted by atomic mass is 35.5. The summed E-state index contributed by atoms with van der Waals surface area (Å²) in [6.45, 7) is 0.934. The Morgan fingerprint density at radius 1 is 1.08 bits per heavy atom. The summed E-state index contributed by atoms with van der Waals surface area (Å²) in [7, 11) is -1.63. The molecule has 0 heterocycles. The fourth-order valence-corrected chi connectivity index (χ4v) is 5.62. The molecule has 8 nitrogen and oxygen atoms in total. The summed E-state index contributed by atoms with van der Waals surface area (Å²) >= 11 is 6.14. The zero-order chi connectivity index (χ0) is 27.2. The second kappa shape index (κ2) is 12.7. The minimum atomic E-state index is -4.23. The number of benzene rings is 2. The van der Waals surface area contributed by atoms with Crippen LogP contribution in [0.5, 0.6) is 0 Å². The number of hydrogen-bond acceptors (Lipinski definition) is 4. The van der Waals surface area contributed by atoms with Gasteiger partial charge in [0.25, 0.3) is 0 Å². The molecule has 1 aliphatic rings. The van der Waals surface area contributed by atoms with Crippen LogP contribution in [0.1, 0.15) is 44.6 Å².